The quantitative estimate of drug-likeness (QED) is 0.268. The Morgan fingerprint density at radius 3 is 2.74 bits per heavy atom. The number of aliphatic imine (C=N–C) groups is 1. The second-order valence-corrected chi connectivity index (χ2v) is 4.75. The van der Waals surface area contributed by atoms with Crippen molar-refractivity contribution >= 4 is 29.9 Å². The number of hydrogen-bond donors (Lipinski definition) is 3. The molecule has 1 aliphatic carbocycles. The average Bonchev–Trinajstić information content (AvgIpc) is 2.77. The summed E-state index contributed by atoms with van der Waals surface area (Å²) in [6, 6.07) is 0. The van der Waals surface area contributed by atoms with Crippen molar-refractivity contribution in [3.05, 3.63) is 0 Å². The van der Waals surface area contributed by atoms with Gasteiger partial charge < -0.3 is 20.5 Å². The van der Waals surface area contributed by atoms with Crippen molar-refractivity contribution in [2.45, 2.75) is 38.7 Å². The molecule has 0 aromatic rings. The summed E-state index contributed by atoms with van der Waals surface area (Å²) < 4.78 is 5.01. The van der Waals surface area contributed by atoms with E-state index in [-0.39, 0.29) is 30.1 Å². The van der Waals surface area contributed by atoms with Gasteiger partial charge >= 0.3 is 0 Å². The van der Waals surface area contributed by atoms with Gasteiger partial charge in [0.1, 0.15) is 0 Å². The first kappa shape index (κ1) is 18.9. The molecule has 0 aromatic heterocycles. The molecule has 0 bridgehead atoms. The van der Waals surface area contributed by atoms with Crippen LogP contribution >= 0.6 is 24.0 Å². The Hall–Kier alpha value is -0.0800. The van der Waals surface area contributed by atoms with E-state index in [9.17, 15) is 5.11 Å². The lowest BCUT2D eigenvalue weighted by molar-refractivity contribution is 0.136. The fourth-order valence-electron chi connectivity index (χ4n) is 2.20. The van der Waals surface area contributed by atoms with Crippen molar-refractivity contribution in [2.24, 2.45) is 10.9 Å². The minimum Gasteiger partial charge on any atom is -0.393 e. The summed E-state index contributed by atoms with van der Waals surface area (Å²) in [5.74, 6) is 1.17. The minimum atomic E-state index is -0.162. The highest BCUT2D eigenvalue weighted by atomic mass is 127. The highest BCUT2D eigenvalue weighted by Crippen LogP contribution is 2.25. The number of hydrogen-bond acceptors (Lipinski definition) is 3. The molecule has 0 aliphatic heterocycles. The molecule has 2 atom stereocenters. The van der Waals surface area contributed by atoms with E-state index in [1.807, 2.05) is 0 Å². The maximum Gasteiger partial charge on any atom is 0.191 e. The maximum absolute atomic E-state index is 9.75. The number of ether oxygens (including phenoxy) is 1. The number of aliphatic hydroxyl groups is 1. The molecule has 0 spiro atoms. The maximum atomic E-state index is 9.75. The van der Waals surface area contributed by atoms with Gasteiger partial charge in [-0.1, -0.05) is 6.42 Å². The standard InChI is InChI=1S/C13H27N3O2.HI/c1-3-14-13(15-8-5-9-18-2)16-10-11-6-4-7-12(11)17;/h11-12,17H,3-10H2,1-2H3,(H2,14,15,16);1H. The van der Waals surface area contributed by atoms with Gasteiger partial charge in [0.25, 0.3) is 0 Å². The van der Waals surface area contributed by atoms with Crippen LogP contribution in [-0.4, -0.2) is 50.5 Å². The number of rotatable bonds is 7. The van der Waals surface area contributed by atoms with Gasteiger partial charge in [-0.15, -0.1) is 24.0 Å². The van der Waals surface area contributed by atoms with Crippen molar-refractivity contribution in [2.75, 3.05) is 33.4 Å². The van der Waals surface area contributed by atoms with Crippen molar-refractivity contribution < 1.29 is 9.84 Å². The number of aliphatic hydroxyl groups excluding tert-OH is 1. The lowest BCUT2D eigenvalue weighted by atomic mass is 10.1. The first-order valence-electron chi connectivity index (χ1n) is 6.97. The molecule has 0 aromatic carbocycles. The summed E-state index contributed by atoms with van der Waals surface area (Å²) in [6.45, 7) is 5.22. The molecule has 1 rings (SSSR count). The van der Waals surface area contributed by atoms with Crippen LogP contribution in [0.4, 0.5) is 0 Å². The summed E-state index contributed by atoms with van der Waals surface area (Å²) in [5, 5.41) is 16.2. The Morgan fingerprint density at radius 1 is 1.37 bits per heavy atom. The molecular formula is C13H28IN3O2. The molecule has 5 nitrogen and oxygen atoms in total. The van der Waals surface area contributed by atoms with Crippen LogP contribution in [0.3, 0.4) is 0 Å². The largest absolute Gasteiger partial charge is 0.393 e. The average molecular weight is 385 g/mol. The van der Waals surface area contributed by atoms with Crippen LogP contribution in [-0.2, 0) is 4.74 Å². The number of nitrogens with one attached hydrogen (secondary N) is 2. The monoisotopic (exact) mass is 385 g/mol. The molecule has 1 aliphatic rings. The number of nitrogens with zero attached hydrogens (tertiary/aromatic N) is 1. The van der Waals surface area contributed by atoms with Crippen molar-refractivity contribution in [3.63, 3.8) is 0 Å². The molecule has 114 valence electrons. The van der Waals surface area contributed by atoms with E-state index in [1.165, 1.54) is 0 Å². The molecule has 0 radical (unpaired) electrons. The molecule has 0 heterocycles. The van der Waals surface area contributed by atoms with E-state index in [1.54, 1.807) is 7.11 Å². The Morgan fingerprint density at radius 2 is 2.16 bits per heavy atom. The third-order valence-electron chi connectivity index (χ3n) is 3.26. The normalized spacial score (nSPS) is 23.0. The fourth-order valence-corrected chi connectivity index (χ4v) is 2.20. The molecule has 19 heavy (non-hydrogen) atoms. The van der Waals surface area contributed by atoms with Gasteiger partial charge in [-0.3, -0.25) is 4.99 Å². The van der Waals surface area contributed by atoms with Crippen molar-refractivity contribution in [1.82, 2.24) is 10.6 Å². The van der Waals surface area contributed by atoms with E-state index in [0.29, 0.717) is 12.5 Å². The van der Waals surface area contributed by atoms with Crippen LogP contribution in [0.2, 0.25) is 0 Å². The van der Waals surface area contributed by atoms with Gasteiger partial charge in [-0.05, 0) is 26.2 Å². The molecule has 1 fully saturated rings. The molecule has 6 heteroatoms. The van der Waals surface area contributed by atoms with Crippen LogP contribution in [0.15, 0.2) is 4.99 Å². The highest BCUT2D eigenvalue weighted by Gasteiger charge is 2.24. The van der Waals surface area contributed by atoms with E-state index in [0.717, 1.165) is 51.3 Å². The zero-order chi connectivity index (χ0) is 13.2. The lowest BCUT2D eigenvalue weighted by Crippen LogP contribution is -2.38. The number of halogens is 1. The van der Waals surface area contributed by atoms with Crippen LogP contribution in [0.25, 0.3) is 0 Å². The third kappa shape index (κ3) is 7.94. The molecule has 3 N–H and O–H groups in total. The summed E-state index contributed by atoms with van der Waals surface area (Å²) in [4.78, 5) is 4.54. The zero-order valence-electron chi connectivity index (χ0n) is 12.0. The van der Waals surface area contributed by atoms with Crippen LogP contribution in [0, 0.1) is 5.92 Å². The van der Waals surface area contributed by atoms with E-state index < -0.39 is 0 Å². The Labute approximate surface area is 133 Å². The molecule has 0 amide bonds. The number of methoxy groups -OCH3 is 1. The van der Waals surface area contributed by atoms with Crippen LogP contribution in [0.1, 0.15) is 32.6 Å². The van der Waals surface area contributed by atoms with Gasteiger partial charge in [0, 0.05) is 39.3 Å². The second-order valence-electron chi connectivity index (χ2n) is 4.75. The van der Waals surface area contributed by atoms with Gasteiger partial charge in [0.05, 0.1) is 6.10 Å². The summed E-state index contributed by atoms with van der Waals surface area (Å²) >= 11 is 0. The topological polar surface area (TPSA) is 65.9 Å². The van der Waals surface area contributed by atoms with Crippen LogP contribution < -0.4 is 10.6 Å². The number of guanidine groups is 1. The van der Waals surface area contributed by atoms with E-state index in [4.69, 9.17) is 4.74 Å². The smallest absolute Gasteiger partial charge is 0.191 e. The second kappa shape index (κ2) is 11.7. The predicted molar refractivity (Wildman–Crippen MR) is 89.2 cm³/mol. The molecule has 1 saturated carbocycles. The van der Waals surface area contributed by atoms with E-state index in [2.05, 4.69) is 22.5 Å². The van der Waals surface area contributed by atoms with Gasteiger partial charge in [0.15, 0.2) is 5.96 Å². The summed E-state index contributed by atoms with van der Waals surface area (Å²) in [5.41, 5.74) is 0. The Balaban J connectivity index is 0.00000324. The molecule has 2 unspecified atom stereocenters. The molecular weight excluding hydrogens is 357 g/mol. The lowest BCUT2D eigenvalue weighted by Gasteiger charge is -2.14. The summed E-state index contributed by atoms with van der Waals surface area (Å²) in [7, 11) is 1.71. The van der Waals surface area contributed by atoms with Crippen molar-refractivity contribution in [3.8, 4) is 0 Å². The fraction of sp³-hybridized carbons (Fsp3) is 0.923. The Kier molecular flexibility index (Phi) is 11.7. The first-order chi connectivity index (χ1) is 8.77. The predicted octanol–water partition coefficient (Wildman–Crippen LogP) is 1.36. The van der Waals surface area contributed by atoms with Gasteiger partial charge in [0.2, 0.25) is 0 Å². The third-order valence-corrected chi connectivity index (χ3v) is 3.26. The summed E-state index contributed by atoms with van der Waals surface area (Å²) in [6.07, 6.45) is 3.95. The van der Waals surface area contributed by atoms with Crippen molar-refractivity contribution in [1.29, 1.82) is 0 Å². The minimum absolute atomic E-state index is 0. The zero-order valence-corrected chi connectivity index (χ0v) is 14.4. The first-order valence-corrected chi connectivity index (χ1v) is 6.97. The van der Waals surface area contributed by atoms with Gasteiger partial charge in [-0.2, -0.15) is 0 Å². The van der Waals surface area contributed by atoms with Crippen LogP contribution in [0.5, 0.6) is 0 Å². The SMILES string of the molecule is CCNC(=NCC1CCCC1O)NCCCOC.I. The van der Waals surface area contributed by atoms with Gasteiger partial charge in [-0.25, -0.2) is 0 Å². The Bertz CT molecular complexity index is 252. The molecule has 0 saturated heterocycles. The van der Waals surface area contributed by atoms with E-state index >= 15 is 0 Å². The highest BCUT2D eigenvalue weighted by molar-refractivity contribution is 14.0.